The maximum atomic E-state index is 12.3. The monoisotopic (exact) mass is 472 g/mol. The molecule has 4 aliphatic heterocycles. The minimum absolute atomic E-state index is 0.125. The highest BCUT2D eigenvalue weighted by Crippen LogP contribution is 2.59. The summed E-state index contributed by atoms with van der Waals surface area (Å²) in [6.07, 6.45) is -1.11. The molecule has 0 aliphatic carbocycles. The van der Waals surface area contributed by atoms with Crippen molar-refractivity contribution >= 4 is 5.97 Å². The van der Waals surface area contributed by atoms with Gasteiger partial charge in [-0.15, -0.1) is 0 Å². The van der Waals surface area contributed by atoms with E-state index in [-0.39, 0.29) is 32.7 Å². The predicted molar refractivity (Wildman–Crippen MR) is 114 cm³/mol. The summed E-state index contributed by atoms with van der Waals surface area (Å²) in [5.74, 6) is 2.78. The molecule has 0 bridgehead atoms. The van der Waals surface area contributed by atoms with E-state index in [1.165, 1.54) is 6.92 Å². The highest BCUT2D eigenvalue weighted by atomic mass is 16.7. The highest BCUT2D eigenvalue weighted by Gasteiger charge is 2.63. The maximum Gasteiger partial charge on any atom is 0.303 e. The van der Waals surface area contributed by atoms with E-state index in [9.17, 15) is 4.79 Å². The first-order valence-electron chi connectivity index (χ1n) is 10.9. The Labute approximate surface area is 195 Å². The van der Waals surface area contributed by atoms with E-state index < -0.39 is 23.8 Å². The van der Waals surface area contributed by atoms with Gasteiger partial charge in [-0.25, -0.2) is 0 Å². The van der Waals surface area contributed by atoms with Crippen LogP contribution in [-0.4, -0.2) is 52.6 Å². The van der Waals surface area contributed by atoms with Crippen LogP contribution in [0.1, 0.15) is 30.3 Å². The third kappa shape index (κ3) is 3.05. The summed E-state index contributed by atoms with van der Waals surface area (Å²) in [5, 5.41) is 0. The van der Waals surface area contributed by atoms with Crippen LogP contribution in [0.15, 0.2) is 24.3 Å². The van der Waals surface area contributed by atoms with Gasteiger partial charge >= 0.3 is 5.97 Å². The second kappa shape index (κ2) is 7.85. The molecule has 2 fully saturated rings. The largest absolute Gasteiger partial charge is 0.496 e. The van der Waals surface area contributed by atoms with Gasteiger partial charge in [0, 0.05) is 30.2 Å². The molecule has 180 valence electrons. The molecule has 0 unspecified atom stereocenters. The molecule has 2 saturated heterocycles. The molecule has 2 aromatic rings. The Hall–Kier alpha value is -3.37. The van der Waals surface area contributed by atoms with E-state index in [1.807, 2.05) is 12.1 Å². The lowest BCUT2D eigenvalue weighted by Gasteiger charge is -2.33. The molecule has 4 heterocycles. The molecule has 34 heavy (non-hydrogen) atoms. The lowest BCUT2D eigenvalue weighted by Crippen LogP contribution is -2.43. The summed E-state index contributed by atoms with van der Waals surface area (Å²) >= 11 is 0. The summed E-state index contributed by atoms with van der Waals surface area (Å²) in [6.45, 7) is 2.07. The van der Waals surface area contributed by atoms with Gasteiger partial charge < -0.3 is 42.6 Å². The normalized spacial score (nSPS) is 28.0. The highest BCUT2D eigenvalue weighted by molar-refractivity contribution is 5.67. The Morgan fingerprint density at radius 2 is 1.41 bits per heavy atom. The van der Waals surface area contributed by atoms with Gasteiger partial charge in [0.05, 0.1) is 39.5 Å². The summed E-state index contributed by atoms with van der Waals surface area (Å²) in [4.78, 5) is 12.3. The molecule has 10 nitrogen and oxygen atoms in total. The first-order chi connectivity index (χ1) is 16.5. The number of methoxy groups -OCH3 is 2. The van der Waals surface area contributed by atoms with Crippen molar-refractivity contribution < 1.29 is 47.4 Å². The number of benzene rings is 2. The van der Waals surface area contributed by atoms with Gasteiger partial charge in [0.25, 0.3) is 0 Å². The molecule has 0 aromatic heterocycles. The standard InChI is InChI=1S/C24H24O10/c1-12(25)34-24-9-29-22(13-4-18-20(32-10-30-18)6-16(13)26-2)15(24)8-28-23(24)14-5-19-21(33-11-31-19)7-17(14)27-3/h4-7,15,22-23H,8-11H2,1-3H3/t15-,22-,23-,24-/m1/s1. The third-order valence-electron chi connectivity index (χ3n) is 6.74. The Morgan fingerprint density at radius 1 is 0.853 bits per heavy atom. The molecule has 0 saturated carbocycles. The zero-order valence-electron chi connectivity index (χ0n) is 19.0. The molecule has 0 N–H and O–H groups in total. The van der Waals surface area contributed by atoms with Gasteiger partial charge in [-0.3, -0.25) is 4.79 Å². The number of ether oxygens (including phenoxy) is 9. The number of carbonyl (C=O) groups is 1. The van der Waals surface area contributed by atoms with Crippen LogP contribution in [0, 0.1) is 5.92 Å². The number of hydrogen-bond acceptors (Lipinski definition) is 10. The second-order valence-electron chi connectivity index (χ2n) is 8.49. The van der Waals surface area contributed by atoms with Crippen LogP contribution in [-0.2, 0) is 19.0 Å². The predicted octanol–water partition coefficient (Wildman–Crippen LogP) is 2.92. The average molecular weight is 472 g/mol. The van der Waals surface area contributed by atoms with E-state index in [1.54, 1.807) is 26.4 Å². The smallest absolute Gasteiger partial charge is 0.303 e. The van der Waals surface area contributed by atoms with Crippen molar-refractivity contribution in [3.63, 3.8) is 0 Å². The Balaban J connectivity index is 1.42. The Bertz CT molecular complexity index is 1150. The van der Waals surface area contributed by atoms with Crippen LogP contribution in [0.3, 0.4) is 0 Å². The lowest BCUT2D eigenvalue weighted by molar-refractivity contribution is -0.167. The zero-order chi connectivity index (χ0) is 23.4. The van der Waals surface area contributed by atoms with Crippen molar-refractivity contribution in [1.82, 2.24) is 0 Å². The molecule has 4 atom stereocenters. The van der Waals surface area contributed by atoms with Crippen LogP contribution >= 0.6 is 0 Å². The SMILES string of the molecule is COc1cc2c(cc1[C@H]1OC[C@]3(OC(C)=O)[C@@H](c4cc5c(cc4OC)OCO5)OC[C@H]13)OCO2. The van der Waals surface area contributed by atoms with E-state index in [0.29, 0.717) is 40.1 Å². The van der Waals surface area contributed by atoms with Crippen molar-refractivity contribution in [2.75, 3.05) is 41.0 Å². The minimum Gasteiger partial charge on any atom is -0.496 e. The van der Waals surface area contributed by atoms with Gasteiger partial charge in [0.1, 0.15) is 17.6 Å². The number of hydrogen-bond donors (Lipinski definition) is 0. The van der Waals surface area contributed by atoms with Gasteiger partial charge in [-0.1, -0.05) is 0 Å². The van der Waals surface area contributed by atoms with Crippen molar-refractivity contribution in [2.24, 2.45) is 5.92 Å². The van der Waals surface area contributed by atoms with Crippen LogP contribution in [0.4, 0.5) is 0 Å². The van der Waals surface area contributed by atoms with E-state index in [0.717, 1.165) is 5.56 Å². The molecular formula is C24H24O10. The first-order valence-corrected chi connectivity index (χ1v) is 10.9. The van der Waals surface area contributed by atoms with Crippen LogP contribution in [0.25, 0.3) is 0 Å². The number of esters is 1. The van der Waals surface area contributed by atoms with E-state index in [4.69, 9.17) is 42.6 Å². The first kappa shape index (κ1) is 21.2. The van der Waals surface area contributed by atoms with Crippen LogP contribution < -0.4 is 28.4 Å². The van der Waals surface area contributed by atoms with Crippen molar-refractivity contribution in [3.8, 4) is 34.5 Å². The minimum atomic E-state index is -1.08. The molecule has 4 aliphatic rings. The molecule has 0 spiro atoms. The zero-order valence-corrected chi connectivity index (χ0v) is 19.0. The molecular weight excluding hydrogens is 448 g/mol. The van der Waals surface area contributed by atoms with Crippen LogP contribution in [0.5, 0.6) is 34.5 Å². The molecule has 6 rings (SSSR count). The Kier molecular flexibility index (Phi) is 4.89. The number of fused-ring (bicyclic) bond motifs is 3. The van der Waals surface area contributed by atoms with E-state index in [2.05, 4.69) is 0 Å². The fraction of sp³-hybridized carbons (Fsp3) is 0.458. The third-order valence-corrected chi connectivity index (χ3v) is 6.74. The molecule has 10 heteroatoms. The van der Waals surface area contributed by atoms with Gasteiger partial charge in [-0.2, -0.15) is 0 Å². The lowest BCUT2D eigenvalue weighted by atomic mass is 9.80. The fourth-order valence-electron chi connectivity index (χ4n) is 5.28. The summed E-state index contributed by atoms with van der Waals surface area (Å²) in [6, 6.07) is 7.20. The fourth-order valence-corrected chi connectivity index (χ4v) is 5.28. The Morgan fingerprint density at radius 3 is 2.00 bits per heavy atom. The molecule has 0 amide bonds. The quantitative estimate of drug-likeness (QED) is 0.604. The summed E-state index contributed by atoms with van der Waals surface area (Å²) in [7, 11) is 3.15. The van der Waals surface area contributed by atoms with Crippen LogP contribution in [0.2, 0.25) is 0 Å². The van der Waals surface area contributed by atoms with Gasteiger partial charge in [0.2, 0.25) is 13.6 Å². The van der Waals surface area contributed by atoms with E-state index >= 15 is 0 Å². The summed E-state index contributed by atoms with van der Waals surface area (Å²) < 4.78 is 52.0. The maximum absolute atomic E-state index is 12.3. The summed E-state index contributed by atoms with van der Waals surface area (Å²) in [5.41, 5.74) is 0.379. The van der Waals surface area contributed by atoms with Crippen molar-refractivity contribution in [2.45, 2.75) is 24.7 Å². The molecule has 2 aromatic carbocycles. The number of carbonyl (C=O) groups excluding carboxylic acids is 1. The second-order valence-corrected chi connectivity index (χ2v) is 8.49. The number of rotatable bonds is 5. The van der Waals surface area contributed by atoms with Crippen molar-refractivity contribution in [1.29, 1.82) is 0 Å². The topological polar surface area (TPSA) is 100 Å². The van der Waals surface area contributed by atoms with Gasteiger partial charge in [0.15, 0.2) is 28.6 Å². The van der Waals surface area contributed by atoms with Gasteiger partial charge in [-0.05, 0) is 12.1 Å². The van der Waals surface area contributed by atoms with Crippen molar-refractivity contribution in [3.05, 3.63) is 35.4 Å². The average Bonchev–Trinajstić information content (AvgIpc) is 3.59. The molecule has 0 radical (unpaired) electrons.